The monoisotopic (exact) mass is 727 g/mol. The summed E-state index contributed by atoms with van der Waals surface area (Å²) in [7, 11) is 5.16. The SMILES string of the molecule is COc1c(-c2cccc3[nH]c(CNC(=O)OC(C)(C)C)nc23)ccc(C(=O)N(C)c2ccc(C)cc2OCCCC(=O)N2CCN(C)CC2)c1NC=O. The maximum atomic E-state index is 14.2. The fourth-order valence-electron chi connectivity index (χ4n) is 6.17. The van der Waals surface area contributed by atoms with Crippen LogP contribution in [0.3, 0.4) is 0 Å². The molecule has 0 atom stereocenters. The number of imidazole rings is 1. The number of carbonyl (C=O) groups is 4. The van der Waals surface area contributed by atoms with Gasteiger partial charge in [0.15, 0.2) is 5.75 Å². The molecule has 3 N–H and O–H groups in total. The van der Waals surface area contributed by atoms with Gasteiger partial charge in [-0.05, 0) is 77.1 Å². The molecule has 4 amide bonds. The average Bonchev–Trinajstić information content (AvgIpc) is 3.55. The topological polar surface area (TPSA) is 158 Å². The number of carbonyl (C=O) groups excluding carboxylic acids is 4. The van der Waals surface area contributed by atoms with Gasteiger partial charge in [-0.15, -0.1) is 0 Å². The zero-order valence-corrected chi connectivity index (χ0v) is 31.5. The van der Waals surface area contributed by atoms with Crippen molar-refractivity contribution in [2.75, 3.05) is 64.2 Å². The molecule has 53 heavy (non-hydrogen) atoms. The zero-order chi connectivity index (χ0) is 38.3. The van der Waals surface area contributed by atoms with E-state index in [2.05, 4.69) is 27.6 Å². The van der Waals surface area contributed by atoms with Crippen molar-refractivity contribution in [1.82, 2.24) is 25.1 Å². The van der Waals surface area contributed by atoms with E-state index in [-0.39, 0.29) is 29.5 Å². The maximum Gasteiger partial charge on any atom is 0.408 e. The number of benzene rings is 3. The number of aryl methyl sites for hydroxylation is 1. The number of para-hydroxylation sites is 1. The predicted octanol–water partition coefficient (Wildman–Crippen LogP) is 5.35. The summed E-state index contributed by atoms with van der Waals surface area (Å²) in [6.45, 7) is 10.9. The molecule has 1 fully saturated rings. The lowest BCUT2D eigenvalue weighted by molar-refractivity contribution is -0.133. The highest BCUT2D eigenvalue weighted by molar-refractivity contribution is 6.13. The van der Waals surface area contributed by atoms with Crippen LogP contribution in [0.1, 0.15) is 55.4 Å². The van der Waals surface area contributed by atoms with Crippen LogP contribution in [0.15, 0.2) is 48.5 Å². The van der Waals surface area contributed by atoms with E-state index in [1.54, 1.807) is 40.0 Å². The third kappa shape index (κ3) is 9.43. The Morgan fingerprint density at radius 1 is 1.04 bits per heavy atom. The molecule has 1 saturated heterocycles. The van der Waals surface area contributed by atoms with Crippen molar-refractivity contribution in [1.29, 1.82) is 0 Å². The molecule has 5 rings (SSSR count). The van der Waals surface area contributed by atoms with Crippen LogP contribution in [0.4, 0.5) is 16.2 Å². The molecular weight excluding hydrogens is 678 g/mol. The van der Waals surface area contributed by atoms with E-state index in [4.69, 9.17) is 19.2 Å². The first-order chi connectivity index (χ1) is 25.3. The van der Waals surface area contributed by atoms with Crippen LogP contribution in [0.2, 0.25) is 0 Å². The van der Waals surface area contributed by atoms with Crippen LogP contribution in [0.5, 0.6) is 11.5 Å². The van der Waals surface area contributed by atoms with Crippen molar-refractivity contribution >= 4 is 46.7 Å². The highest BCUT2D eigenvalue weighted by Gasteiger charge is 2.26. The van der Waals surface area contributed by atoms with Crippen LogP contribution in [-0.2, 0) is 20.9 Å². The molecule has 1 aliphatic heterocycles. The first kappa shape index (κ1) is 38.6. The van der Waals surface area contributed by atoms with Crippen molar-refractivity contribution in [2.24, 2.45) is 0 Å². The summed E-state index contributed by atoms with van der Waals surface area (Å²) in [5, 5.41) is 5.40. The third-order valence-electron chi connectivity index (χ3n) is 8.88. The number of hydrogen-bond acceptors (Lipinski definition) is 9. The highest BCUT2D eigenvalue weighted by atomic mass is 16.6. The minimum absolute atomic E-state index is 0.108. The van der Waals surface area contributed by atoms with Crippen molar-refractivity contribution in [2.45, 2.75) is 52.7 Å². The summed E-state index contributed by atoms with van der Waals surface area (Å²) in [5.74, 6) is 0.987. The number of H-pyrrole nitrogens is 1. The van der Waals surface area contributed by atoms with Gasteiger partial charge in [-0.3, -0.25) is 14.4 Å². The minimum atomic E-state index is -0.638. The Labute approximate surface area is 309 Å². The molecule has 0 bridgehead atoms. The molecule has 1 aliphatic rings. The molecule has 14 nitrogen and oxygen atoms in total. The van der Waals surface area contributed by atoms with Crippen LogP contribution >= 0.6 is 0 Å². The number of aromatic nitrogens is 2. The molecule has 282 valence electrons. The second kappa shape index (κ2) is 16.8. The second-order valence-electron chi connectivity index (χ2n) is 14.0. The molecule has 2 heterocycles. The third-order valence-corrected chi connectivity index (χ3v) is 8.88. The molecular formula is C39H49N7O7. The molecule has 3 aromatic carbocycles. The van der Waals surface area contributed by atoms with Gasteiger partial charge in [-0.2, -0.15) is 0 Å². The number of methoxy groups -OCH3 is 1. The molecule has 0 saturated carbocycles. The standard InChI is InChI=1S/C39H49N7O7/c1-25-13-16-30(31(22-25)52-21-9-12-33(48)46-19-17-44(5)18-20-46)45(6)37(49)28-15-14-27(36(51-7)35(28)41-24-47)26-10-8-11-29-34(26)43-32(42-29)23-40-38(50)53-39(2,3)4/h8,10-11,13-16,22,24H,9,12,17-21,23H2,1-7H3,(H,40,50)(H,41,47)(H,42,43). The van der Waals surface area contributed by atoms with Crippen LogP contribution in [-0.4, -0.2) is 104 Å². The number of aromatic amines is 1. The fourth-order valence-corrected chi connectivity index (χ4v) is 6.17. The summed E-state index contributed by atoms with van der Waals surface area (Å²) in [5.41, 5.74) is 3.81. The van der Waals surface area contributed by atoms with Gasteiger partial charge in [0, 0.05) is 50.8 Å². The summed E-state index contributed by atoms with van der Waals surface area (Å²) in [6, 6.07) is 14.5. The number of alkyl carbamates (subject to hydrolysis) is 1. The Kier molecular flexibility index (Phi) is 12.2. The number of ether oxygens (including phenoxy) is 3. The lowest BCUT2D eigenvalue weighted by Crippen LogP contribution is -2.47. The number of likely N-dealkylation sites (N-methyl/N-ethyl adjacent to an activating group) is 1. The van der Waals surface area contributed by atoms with Gasteiger partial charge in [0.2, 0.25) is 12.3 Å². The van der Waals surface area contributed by atoms with E-state index in [0.29, 0.717) is 65.3 Å². The lowest BCUT2D eigenvalue weighted by atomic mass is 9.98. The van der Waals surface area contributed by atoms with Crippen LogP contribution < -0.4 is 25.0 Å². The lowest BCUT2D eigenvalue weighted by Gasteiger charge is -2.32. The molecule has 0 radical (unpaired) electrons. The van der Waals surface area contributed by atoms with Gasteiger partial charge in [0.1, 0.15) is 17.2 Å². The molecule has 14 heteroatoms. The van der Waals surface area contributed by atoms with Crippen molar-refractivity contribution in [3.05, 3.63) is 65.5 Å². The number of hydrogen-bond donors (Lipinski definition) is 3. The van der Waals surface area contributed by atoms with E-state index in [1.807, 2.05) is 48.2 Å². The Hall–Kier alpha value is -5.63. The van der Waals surface area contributed by atoms with Crippen LogP contribution in [0.25, 0.3) is 22.2 Å². The quantitative estimate of drug-likeness (QED) is 0.122. The fraction of sp³-hybridized carbons (Fsp3) is 0.410. The van der Waals surface area contributed by atoms with E-state index in [9.17, 15) is 19.2 Å². The molecule has 1 aromatic heterocycles. The number of fused-ring (bicyclic) bond motifs is 1. The average molecular weight is 728 g/mol. The summed E-state index contributed by atoms with van der Waals surface area (Å²) in [6.07, 6.45) is 0.847. The van der Waals surface area contributed by atoms with Crippen molar-refractivity contribution < 1.29 is 33.4 Å². The summed E-state index contributed by atoms with van der Waals surface area (Å²) in [4.78, 5) is 64.6. The van der Waals surface area contributed by atoms with Crippen molar-refractivity contribution in [3.8, 4) is 22.6 Å². The first-order valence-corrected chi connectivity index (χ1v) is 17.6. The normalized spacial score (nSPS) is 13.4. The van der Waals surface area contributed by atoms with Gasteiger partial charge in [0.05, 0.1) is 48.2 Å². The zero-order valence-electron chi connectivity index (χ0n) is 31.5. The Bertz CT molecular complexity index is 1960. The van der Waals surface area contributed by atoms with Gasteiger partial charge >= 0.3 is 6.09 Å². The van der Waals surface area contributed by atoms with Gasteiger partial charge < -0.3 is 44.5 Å². The molecule has 0 aliphatic carbocycles. The van der Waals surface area contributed by atoms with E-state index in [1.165, 1.54) is 12.0 Å². The number of nitrogens with one attached hydrogen (secondary N) is 3. The van der Waals surface area contributed by atoms with E-state index in [0.717, 1.165) is 31.7 Å². The van der Waals surface area contributed by atoms with Crippen molar-refractivity contribution in [3.63, 3.8) is 0 Å². The molecule has 0 unspecified atom stereocenters. The van der Waals surface area contributed by atoms with Gasteiger partial charge in [-0.25, -0.2) is 9.78 Å². The maximum absolute atomic E-state index is 14.2. The van der Waals surface area contributed by atoms with Gasteiger partial charge in [0.25, 0.3) is 5.91 Å². The largest absolute Gasteiger partial charge is 0.494 e. The number of amides is 4. The van der Waals surface area contributed by atoms with E-state index < -0.39 is 17.6 Å². The first-order valence-electron chi connectivity index (χ1n) is 17.6. The number of piperazine rings is 1. The number of anilines is 2. The summed E-state index contributed by atoms with van der Waals surface area (Å²) < 4.78 is 17.4. The Balaban J connectivity index is 1.37. The minimum Gasteiger partial charge on any atom is -0.494 e. The molecule has 0 spiro atoms. The number of nitrogens with zero attached hydrogens (tertiary/aromatic N) is 4. The molecule has 4 aromatic rings. The second-order valence-corrected chi connectivity index (χ2v) is 14.0. The summed E-state index contributed by atoms with van der Waals surface area (Å²) >= 11 is 0. The van der Waals surface area contributed by atoms with Crippen LogP contribution in [0, 0.1) is 6.92 Å². The van der Waals surface area contributed by atoms with Gasteiger partial charge in [-0.1, -0.05) is 18.2 Å². The predicted molar refractivity (Wildman–Crippen MR) is 204 cm³/mol. The highest BCUT2D eigenvalue weighted by Crippen LogP contribution is 2.42. The Morgan fingerprint density at radius 3 is 2.49 bits per heavy atom. The van der Waals surface area contributed by atoms with E-state index >= 15 is 0 Å². The number of rotatable bonds is 13. The Morgan fingerprint density at radius 2 is 1.79 bits per heavy atom. The smallest absolute Gasteiger partial charge is 0.408 e.